The topological polar surface area (TPSA) is 97.8 Å². The molecule has 29 heavy (non-hydrogen) atoms. The number of nitrogens with one attached hydrogen (secondary N) is 1. The van der Waals surface area contributed by atoms with E-state index in [1.54, 1.807) is 12.1 Å². The van der Waals surface area contributed by atoms with Crippen molar-refractivity contribution in [3.63, 3.8) is 0 Å². The highest BCUT2D eigenvalue weighted by Gasteiger charge is 2.34. The molecule has 0 aliphatic carbocycles. The fraction of sp³-hybridized carbons (Fsp3) is 0.400. The summed E-state index contributed by atoms with van der Waals surface area (Å²) in [4.78, 5) is 17.1. The molecule has 2 aliphatic heterocycles. The average molecular weight is 417 g/mol. The van der Waals surface area contributed by atoms with Crippen LogP contribution in [0, 0.1) is 12.8 Å². The normalized spacial score (nSPS) is 19.6. The van der Waals surface area contributed by atoms with Gasteiger partial charge in [0.05, 0.1) is 10.8 Å². The Balaban J connectivity index is 1.49. The van der Waals surface area contributed by atoms with E-state index in [4.69, 9.17) is 9.47 Å². The number of fused-ring (bicyclic) bond motifs is 1. The van der Waals surface area contributed by atoms with Crippen molar-refractivity contribution in [2.45, 2.75) is 24.7 Å². The van der Waals surface area contributed by atoms with Gasteiger partial charge in [-0.25, -0.2) is 13.4 Å². The zero-order valence-electron chi connectivity index (χ0n) is 16.1. The third kappa shape index (κ3) is 4.20. The maximum Gasteiger partial charge on any atom is 0.243 e. The van der Waals surface area contributed by atoms with E-state index in [1.165, 1.54) is 16.4 Å². The van der Waals surface area contributed by atoms with E-state index in [1.807, 2.05) is 19.1 Å². The first-order chi connectivity index (χ1) is 13.9. The molecule has 1 fully saturated rings. The summed E-state index contributed by atoms with van der Waals surface area (Å²) in [7, 11) is -3.74. The molecule has 0 radical (unpaired) electrons. The first-order valence-electron chi connectivity index (χ1n) is 9.58. The predicted molar refractivity (Wildman–Crippen MR) is 107 cm³/mol. The lowest BCUT2D eigenvalue weighted by Gasteiger charge is -2.31. The number of carbonyl (C=O) groups is 1. The number of hydrogen-bond donors (Lipinski definition) is 1. The molecule has 3 heterocycles. The number of benzene rings is 1. The van der Waals surface area contributed by atoms with Crippen molar-refractivity contribution in [3.05, 3.63) is 42.1 Å². The second-order valence-corrected chi connectivity index (χ2v) is 9.10. The lowest BCUT2D eigenvalue weighted by molar-refractivity contribution is -0.120. The first kappa shape index (κ1) is 19.7. The van der Waals surface area contributed by atoms with Crippen LogP contribution >= 0.6 is 0 Å². The third-order valence-corrected chi connectivity index (χ3v) is 6.91. The number of aryl methyl sites for hydroxylation is 1. The monoisotopic (exact) mass is 417 g/mol. The molecule has 8 nitrogen and oxygen atoms in total. The molecule has 0 bridgehead atoms. The minimum absolute atomic E-state index is 0.133. The Bertz CT molecular complexity index is 1020. The van der Waals surface area contributed by atoms with Crippen LogP contribution in [0.4, 0.5) is 5.82 Å². The number of hydrogen-bond acceptors (Lipinski definition) is 6. The van der Waals surface area contributed by atoms with Crippen molar-refractivity contribution in [1.29, 1.82) is 0 Å². The lowest BCUT2D eigenvalue weighted by atomic mass is 9.99. The van der Waals surface area contributed by atoms with Gasteiger partial charge in [-0.3, -0.25) is 4.79 Å². The zero-order chi connectivity index (χ0) is 20.4. The predicted octanol–water partition coefficient (Wildman–Crippen LogP) is 2.20. The van der Waals surface area contributed by atoms with Crippen LogP contribution in [0.25, 0.3) is 0 Å². The summed E-state index contributed by atoms with van der Waals surface area (Å²) in [5, 5.41) is 2.80. The molecule has 1 N–H and O–H groups in total. The van der Waals surface area contributed by atoms with Gasteiger partial charge in [0, 0.05) is 24.8 Å². The average Bonchev–Trinajstić information content (AvgIpc) is 2.73. The van der Waals surface area contributed by atoms with Crippen LogP contribution in [0.2, 0.25) is 0 Å². The van der Waals surface area contributed by atoms with Crippen molar-refractivity contribution in [2.75, 3.05) is 31.6 Å². The number of anilines is 1. The maximum absolute atomic E-state index is 13.1. The molecular formula is C20H23N3O5S. The number of nitrogens with zero attached hydrogens (tertiary/aromatic N) is 2. The van der Waals surface area contributed by atoms with E-state index < -0.39 is 15.9 Å². The van der Waals surface area contributed by atoms with Crippen LogP contribution in [0.3, 0.4) is 0 Å². The Morgan fingerprint density at radius 1 is 1.17 bits per heavy atom. The summed E-state index contributed by atoms with van der Waals surface area (Å²) < 4.78 is 38.6. The van der Waals surface area contributed by atoms with Crippen LogP contribution in [-0.2, 0) is 14.8 Å². The van der Waals surface area contributed by atoms with Crippen molar-refractivity contribution >= 4 is 21.7 Å². The molecule has 2 aliphatic rings. The first-order valence-corrected chi connectivity index (χ1v) is 11.0. The largest absolute Gasteiger partial charge is 0.486 e. The Kier molecular flexibility index (Phi) is 5.42. The molecule has 1 saturated heterocycles. The van der Waals surface area contributed by atoms with E-state index in [-0.39, 0.29) is 17.3 Å². The van der Waals surface area contributed by atoms with E-state index in [0.29, 0.717) is 49.9 Å². The molecular weight excluding hydrogens is 394 g/mol. The number of aromatic nitrogens is 1. The van der Waals surface area contributed by atoms with Crippen molar-refractivity contribution < 1.29 is 22.7 Å². The highest BCUT2D eigenvalue weighted by molar-refractivity contribution is 7.89. The van der Waals surface area contributed by atoms with Crippen LogP contribution in [0.15, 0.2) is 41.3 Å². The fourth-order valence-corrected chi connectivity index (χ4v) is 5.09. The highest BCUT2D eigenvalue weighted by atomic mass is 32.2. The summed E-state index contributed by atoms with van der Waals surface area (Å²) in [5.41, 5.74) is 0.800. The number of carbonyl (C=O) groups excluding carboxylic acids is 1. The number of ether oxygens (including phenoxy) is 2. The van der Waals surface area contributed by atoms with E-state index in [2.05, 4.69) is 10.3 Å². The SMILES string of the molecule is Cc1cccc(NC(=O)C2CCCN(S(=O)(=O)c3ccc4c(c3)OCCO4)C2)n1. The molecule has 154 valence electrons. The molecule has 0 saturated carbocycles. The van der Waals surface area contributed by atoms with Gasteiger partial charge in [-0.15, -0.1) is 0 Å². The number of pyridine rings is 1. The van der Waals surface area contributed by atoms with Gasteiger partial charge >= 0.3 is 0 Å². The van der Waals surface area contributed by atoms with Gasteiger partial charge < -0.3 is 14.8 Å². The van der Waals surface area contributed by atoms with Crippen molar-refractivity contribution in [1.82, 2.24) is 9.29 Å². The standard InChI is InChI=1S/C20H23N3O5S/c1-14-4-2-6-19(21-14)22-20(24)15-5-3-9-23(13-15)29(25,26)16-7-8-17-18(12-16)28-11-10-27-17/h2,4,6-8,12,15H,3,5,9-11,13H2,1H3,(H,21,22,24). The van der Waals surface area contributed by atoms with E-state index in [0.717, 1.165) is 5.69 Å². The molecule has 4 rings (SSSR count). The van der Waals surface area contributed by atoms with Crippen LogP contribution in [-0.4, -0.2) is 49.9 Å². The molecule has 1 aromatic heterocycles. The van der Waals surface area contributed by atoms with Gasteiger partial charge in [0.1, 0.15) is 19.0 Å². The van der Waals surface area contributed by atoms with E-state index in [9.17, 15) is 13.2 Å². The van der Waals surface area contributed by atoms with Gasteiger partial charge in [-0.2, -0.15) is 4.31 Å². The second-order valence-electron chi connectivity index (χ2n) is 7.16. The van der Waals surface area contributed by atoms with Crippen LogP contribution in [0.5, 0.6) is 11.5 Å². The number of sulfonamides is 1. The van der Waals surface area contributed by atoms with Crippen LogP contribution < -0.4 is 14.8 Å². The summed E-state index contributed by atoms with van der Waals surface area (Å²) in [5.74, 6) is 0.788. The highest BCUT2D eigenvalue weighted by Crippen LogP contribution is 2.34. The van der Waals surface area contributed by atoms with Gasteiger partial charge in [0.25, 0.3) is 0 Å². The van der Waals surface area contributed by atoms with Crippen molar-refractivity contribution in [3.8, 4) is 11.5 Å². The minimum atomic E-state index is -3.74. The second kappa shape index (κ2) is 8.00. The van der Waals surface area contributed by atoms with Crippen LogP contribution in [0.1, 0.15) is 18.5 Å². The molecule has 1 unspecified atom stereocenters. The maximum atomic E-state index is 13.1. The molecule has 2 aromatic rings. The minimum Gasteiger partial charge on any atom is -0.486 e. The zero-order valence-corrected chi connectivity index (χ0v) is 16.9. The molecule has 0 spiro atoms. The summed E-state index contributed by atoms with van der Waals surface area (Å²) >= 11 is 0. The third-order valence-electron chi connectivity index (χ3n) is 5.05. The Morgan fingerprint density at radius 3 is 2.76 bits per heavy atom. The number of rotatable bonds is 4. The fourth-order valence-electron chi connectivity index (χ4n) is 3.55. The number of piperidine rings is 1. The van der Waals surface area contributed by atoms with E-state index >= 15 is 0 Å². The summed E-state index contributed by atoms with van der Waals surface area (Å²) in [6.45, 7) is 3.18. The summed E-state index contributed by atoms with van der Waals surface area (Å²) in [6, 6.07) is 10.00. The smallest absolute Gasteiger partial charge is 0.243 e. The Hall–Kier alpha value is -2.65. The van der Waals surface area contributed by atoms with Crippen molar-refractivity contribution in [2.24, 2.45) is 5.92 Å². The lowest BCUT2D eigenvalue weighted by Crippen LogP contribution is -2.43. The van der Waals surface area contributed by atoms with Gasteiger partial charge in [-0.05, 0) is 44.0 Å². The Labute approximate surface area is 169 Å². The van der Waals surface area contributed by atoms with Gasteiger partial charge in [-0.1, -0.05) is 6.07 Å². The number of amides is 1. The van der Waals surface area contributed by atoms with Gasteiger partial charge in [0.15, 0.2) is 11.5 Å². The molecule has 9 heteroatoms. The Morgan fingerprint density at radius 2 is 1.97 bits per heavy atom. The summed E-state index contributed by atoms with van der Waals surface area (Å²) in [6.07, 6.45) is 1.24. The quantitative estimate of drug-likeness (QED) is 0.819. The molecule has 1 aromatic carbocycles. The molecule has 1 atom stereocenters. The van der Waals surface area contributed by atoms with Gasteiger partial charge in [0.2, 0.25) is 15.9 Å². The molecule has 1 amide bonds.